The van der Waals surface area contributed by atoms with E-state index in [-0.39, 0.29) is 16.4 Å². The number of benzene rings is 1. The highest BCUT2D eigenvalue weighted by atomic mass is 35.5. The maximum absolute atomic E-state index is 12.1. The fourth-order valence-electron chi connectivity index (χ4n) is 1.73. The van der Waals surface area contributed by atoms with E-state index in [0.29, 0.717) is 17.0 Å². The molecule has 0 unspecified atom stereocenters. The SMILES string of the molecule is Cc1noc(C)c1C(=O)Nc1ccc(Cl)c([N+](=O)[O-])c1. The summed E-state index contributed by atoms with van der Waals surface area (Å²) in [6.07, 6.45) is 0. The van der Waals surface area contributed by atoms with Gasteiger partial charge in [-0.15, -0.1) is 0 Å². The lowest BCUT2D eigenvalue weighted by atomic mass is 10.2. The average Bonchev–Trinajstić information content (AvgIpc) is 2.71. The molecule has 0 atom stereocenters. The van der Waals surface area contributed by atoms with Crippen molar-refractivity contribution in [1.82, 2.24) is 5.16 Å². The predicted octanol–water partition coefficient (Wildman–Crippen LogP) is 3.11. The van der Waals surface area contributed by atoms with Crippen LogP contribution < -0.4 is 5.32 Å². The molecule has 1 aromatic heterocycles. The van der Waals surface area contributed by atoms with Gasteiger partial charge in [-0.3, -0.25) is 14.9 Å². The quantitative estimate of drug-likeness (QED) is 0.693. The monoisotopic (exact) mass is 295 g/mol. The Balaban J connectivity index is 2.29. The van der Waals surface area contributed by atoms with Gasteiger partial charge < -0.3 is 9.84 Å². The average molecular weight is 296 g/mol. The third-order valence-corrected chi connectivity index (χ3v) is 2.98. The van der Waals surface area contributed by atoms with E-state index in [2.05, 4.69) is 10.5 Å². The number of nitrogens with one attached hydrogen (secondary N) is 1. The van der Waals surface area contributed by atoms with Gasteiger partial charge in [-0.05, 0) is 26.0 Å². The van der Waals surface area contributed by atoms with Crippen molar-refractivity contribution < 1.29 is 14.2 Å². The number of anilines is 1. The van der Waals surface area contributed by atoms with E-state index >= 15 is 0 Å². The standard InChI is InChI=1S/C12H10ClN3O4/c1-6-11(7(2)20-15-6)12(17)14-8-3-4-9(13)10(5-8)16(18)19/h3-5H,1-2H3,(H,14,17). The van der Waals surface area contributed by atoms with Gasteiger partial charge in [0.2, 0.25) is 0 Å². The van der Waals surface area contributed by atoms with Crippen molar-refractivity contribution in [2.75, 3.05) is 5.32 Å². The van der Waals surface area contributed by atoms with Gasteiger partial charge in [0.25, 0.3) is 11.6 Å². The summed E-state index contributed by atoms with van der Waals surface area (Å²) in [6, 6.07) is 4.02. The van der Waals surface area contributed by atoms with Crippen LogP contribution in [0.2, 0.25) is 5.02 Å². The summed E-state index contributed by atoms with van der Waals surface area (Å²) in [6.45, 7) is 3.24. The first kappa shape index (κ1) is 14.0. The van der Waals surface area contributed by atoms with Crippen LogP contribution in [0.4, 0.5) is 11.4 Å². The first-order chi connectivity index (χ1) is 9.40. The number of nitro groups is 1. The lowest BCUT2D eigenvalue weighted by molar-refractivity contribution is -0.384. The van der Waals surface area contributed by atoms with Crippen LogP contribution >= 0.6 is 11.6 Å². The zero-order valence-electron chi connectivity index (χ0n) is 10.6. The Kier molecular flexibility index (Phi) is 3.71. The minimum atomic E-state index is -0.617. The van der Waals surface area contributed by atoms with Gasteiger partial charge in [-0.1, -0.05) is 16.8 Å². The molecule has 0 spiro atoms. The van der Waals surface area contributed by atoms with Crippen molar-refractivity contribution in [1.29, 1.82) is 0 Å². The molecule has 0 saturated heterocycles. The fraction of sp³-hybridized carbons (Fsp3) is 0.167. The molecule has 0 aliphatic carbocycles. The van der Waals surface area contributed by atoms with Crippen LogP contribution in [0.1, 0.15) is 21.8 Å². The molecule has 2 rings (SSSR count). The third kappa shape index (κ3) is 2.62. The highest BCUT2D eigenvalue weighted by Gasteiger charge is 2.19. The molecule has 0 fully saturated rings. The van der Waals surface area contributed by atoms with Crippen LogP contribution in [0.25, 0.3) is 0 Å². The van der Waals surface area contributed by atoms with Gasteiger partial charge >= 0.3 is 0 Å². The number of rotatable bonds is 3. The Morgan fingerprint density at radius 3 is 2.70 bits per heavy atom. The van der Waals surface area contributed by atoms with E-state index in [1.165, 1.54) is 18.2 Å². The molecule has 7 nitrogen and oxygen atoms in total. The summed E-state index contributed by atoms with van der Waals surface area (Å²) in [7, 11) is 0. The lowest BCUT2D eigenvalue weighted by Gasteiger charge is -2.05. The van der Waals surface area contributed by atoms with Crippen molar-refractivity contribution in [2.45, 2.75) is 13.8 Å². The first-order valence-electron chi connectivity index (χ1n) is 5.58. The van der Waals surface area contributed by atoms with E-state index in [0.717, 1.165) is 0 Å². The highest BCUT2D eigenvalue weighted by molar-refractivity contribution is 6.32. The molecule has 20 heavy (non-hydrogen) atoms. The molecule has 2 aromatic rings. The predicted molar refractivity (Wildman–Crippen MR) is 72.0 cm³/mol. The lowest BCUT2D eigenvalue weighted by Crippen LogP contribution is -2.13. The van der Waals surface area contributed by atoms with Crippen molar-refractivity contribution in [3.8, 4) is 0 Å². The number of aryl methyl sites for hydroxylation is 2. The number of hydrogen-bond acceptors (Lipinski definition) is 5. The van der Waals surface area contributed by atoms with Gasteiger partial charge in [-0.2, -0.15) is 0 Å². The molecule has 0 aliphatic rings. The molecule has 8 heteroatoms. The van der Waals surface area contributed by atoms with E-state index in [4.69, 9.17) is 16.1 Å². The largest absolute Gasteiger partial charge is 0.361 e. The molecular formula is C12H10ClN3O4. The van der Waals surface area contributed by atoms with Crippen molar-refractivity contribution in [3.63, 3.8) is 0 Å². The number of carbonyl (C=O) groups excluding carboxylic acids is 1. The second-order valence-corrected chi connectivity index (χ2v) is 4.48. The number of amides is 1. The molecule has 104 valence electrons. The van der Waals surface area contributed by atoms with E-state index in [1.807, 2.05) is 0 Å². The second kappa shape index (κ2) is 5.30. The highest BCUT2D eigenvalue weighted by Crippen LogP contribution is 2.27. The van der Waals surface area contributed by atoms with Gasteiger partial charge in [-0.25, -0.2) is 0 Å². The summed E-state index contributed by atoms with van der Waals surface area (Å²) in [4.78, 5) is 22.2. The van der Waals surface area contributed by atoms with Gasteiger partial charge in [0, 0.05) is 11.8 Å². The van der Waals surface area contributed by atoms with Gasteiger partial charge in [0.05, 0.1) is 10.6 Å². The Morgan fingerprint density at radius 1 is 1.45 bits per heavy atom. The topological polar surface area (TPSA) is 98.3 Å². The molecule has 0 radical (unpaired) electrons. The molecule has 1 aromatic carbocycles. The van der Waals surface area contributed by atoms with Crippen molar-refractivity contribution in [2.24, 2.45) is 0 Å². The van der Waals surface area contributed by atoms with Crippen LogP contribution in [0.3, 0.4) is 0 Å². The zero-order valence-corrected chi connectivity index (χ0v) is 11.4. The van der Waals surface area contributed by atoms with Crippen LogP contribution in [-0.4, -0.2) is 16.0 Å². The summed E-state index contributed by atoms with van der Waals surface area (Å²) < 4.78 is 4.90. The number of hydrogen-bond donors (Lipinski definition) is 1. The summed E-state index contributed by atoms with van der Waals surface area (Å²) in [5.74, 6) is -0.0682. The number of aromatic nitrogens is 1. The summed E-state index contributed by atoms with van der Waals surface area (Å²) >= 11 is 5.70. The Hall–Kier alpha value is -2.41. The molecule has 0 saturated carbocycles. The number of nitrogens with zero attached hydrogens (tertiary/aromatic N) is 2. The smallest absolute Gasteiger partial charge is 0.289 e. The molecule has 1 amide bonds. The van der Waals surface area contributed by atoms with Crippen molar-refractivity contribution in [3.05, 3.63) is 50.4 Å². The zero-order chi connectivity index (χ0) is 14.9. The van der Waals surface area contributed by atoms with E-state index in [9.17, 15) is 14.9 Å². The van der Waals surface area contributed by atoms with E-state index < -0.39 is 10.8 Å². The van der Waals surface area contributed by atoms with Crippen LogP contribution in [0.5, 0.6) is 0 Å². The molecule has 1 N–H and O–H groups in total. The normalized spacial score (nSPS) is 10.3. The van der Waals surface area contributed by atoms with Crippen LogP contribution in [0.15, 0.2) is 22.7 Å². The number of nitro benzene ring substituents is 1. The Morgan fingerprint density at radius 2 is 2.15 bits per heavy atom. The van der Waals surface area contributed by atoms with Crippen LogP contribution in [-0.2, 0) is 0 Å². The molecular weight excluding hydrogens is 286 g/mol. The third-order valence-electron chi connectivity index (χ3n) is 2.66. The van der Waals surface area contributed by atoms with E-state index in [1.54, 1.807) is 13.8 Å². The van der Waals surface area contributed by atoms with Gasteiger partial charge in [0.15, 0.2) is 0 Å². The van der Waals surface area contributed by atoms with Gasteiger partial charge in [0.1, 0.15) is 16.3 Å². The maximum atomic E-state index is 12.1. The minimum Gasteiger partial charge on any atom is -0.361 e. The first-order valence-corrected chi connectivity index (χ1v) is 5.96. The Bertz CT molecular complexity index is 677. The fourth-order valence-corrected chi connectivity index (χ4v) is 1.92. The maximum Gasteiger partial charge on any atom is 0.289 e. The van der Waals surface area contributed by atoms with Crippen LogP contribution in [0, 0.1) is 24.0 Å². The number of halogens is 1. The van der Waals surface area contributed by atoms with Crippen molar-refractivity contribution >= 4 is 28.9 Å². The Labute approximate surface area is 118 Å². The second-order valence-electron chi connectivity index (χ2n) is 4.08. The summed E-state index contributed by atoms with van der Waals surface area (Å²) in [5.41, 5.74) is 0.750. The molecule has 0 bridgehead atoms. The molecule has 0 aliphatic heterocycles. The number of carbonyl (C=O) groups is 1. The minimum absolute atomic E-state index is 0.00494. The molecule has 1 heterocycles. The summed E-state index contributed by atoms with van der Waals surface area (Å²) in [5, 5.41) is 17.0.